The van der Waals surface area contributed by atoms with E-state index in [1.807, 2.05) is 152 Å². The van der Waals surface area contributed by atoms with Gasteiger partial charge in [-0.15, -0.1) is 0 Å². The molecule has 45 nitrogen and oxygen atoms in total. The van der Waals surface area contributed by atoms with Crippen LogP contribution >= 0.6 is 0 Å². The van der Waals surface area contributed by atoms with E-state index in [9.17, 15) is 35.7 Å². The molecule has 20 aromatic rings. The van der Waals surface area contributed by atoms with Crippen molar-refractivity contribution in [2.45, 2.75) is 169 Å². The van der Waals surface area contributed by atoms with Crippen molar-refractivity contribution in [2.24, 2.45) is 0 Å². The minimum Gasteiger partial charge on any atom is -0.394 e. The molecular weight excluding hydrogens is 1850 g/mol. The highest BCUT2D eigenvalue weighted by Gasteiger charge is 2.45. The van der Waals surface area contributed by atoms with Crippen LogP contribution < -0.4 is 53.2 Å². The first-order valence-corrected chi connectivity index (χ1v) is 48.3. The van der Waals surface area contributed by atoms with Gasteiger partial charge in [-0.25, -0.2) is 24.9 Å². The summed E-state index contributed by atoms with van der Waals surface area (Å²) >= 11 is 0. The lowest BCUT2D eigenvalue weighted by Gasteiger charge is -2.17. The molecule has 18 heterocycles. The SMILES string of the molecule is OCC1OC(n2cnc3c(NC4CC4)nc(Nc4cccc5cccnc45)nc32)C(O)C1O.OCC1OC(n2cnc3c(NC4CC4)nc(Nc4cccc5cccnc45)nc32)CC1O.OCC1OC(n2cnc3c(NC4CC4)nc(Nc4cccc5ncccc45)nc32)CC1O.c1ccc2ncc(Nc3nc(NC4CC4)c4[nH]cnc4n3)cc2c1.c1cnc2c(Nc3nc(NC4CC4)c4[nH]cnc4n3)cccc2c1. The fourth-order valence-corrected chi connectivity index (χ4v) is 17.7. The van der Waals surface area contributed by atoms with E-state index in [0.717, 1.165) is 144 Å². The number of ether oxygens (including phenoxy) is 3. The molecule has 5 saturated carbocycles. The van der Waals surface area contributed by atoms with Crippen LogP contribution in [0.25, 0.3) is 110 Å². The maximum atomic E-state index is 10.5. The van der Waals surface area contributed by atoms with Gasteiger partial charge in [-0.2, -0.15) is 49.8 Å². The van der Waals surface area contributed by atoms with Crippen molar-refractivity contribution in [3.63, 3.8) is 0 Å². The average molecular weight is 1950 g/mol. The number of para-hydroxylation sites is 4. The summed E-state index contributed by atoms with van der Waals surface area (Å²) in [5.41, 5.74) is 14.9. The summed E-state index contributed by atoms with van der Waals surface area (Å²) < 4.78 is 22.5. The van der Waals surface area contributed by atoms with Crippen LogP contribution in [0, 0.1) is 0 Å². The van der Waals surface area contributed by atoms with E-state index in [4.69, 9.17) is 34.1 Å². The Hall–Kier alpha value is -16.5. The van der Waals surface area contributed by atoms with Crippen molar-refractivity contribution in [2.75, 3.05) is 73.0 Å². The molecule has 10 unspecified atom stereocenters. The first-order valence-electron chi connectivity index (χ1n) is 48.3. The monoisotopic (exact) mass is 1950 g/mol. The Balaban J connectivity index is 0.0000000979. The molecule has 3 aliphatic heterocycles. The third kappa shape index (κ3) is 19.7. The van der Waals surface area contributed by atoms with Gasteiger partial charge in [-0.3, -0.25) is 38.6 Å². The summed E-state index contributed by atoms with van der Waals surface area (Å²) in [4.78, 5) is 96.9. The fourth-order valence-electron chi connectivity index (χ4n) is 17.7. The first-order chi connectivity index (χ1) is 71.2. The van der Waals surface area contributed by atoms with Gasteiger partial charge in [0.2, 0.25) is 29.7 Å². The molecule has 5 aromatic carbocycles. The number of aromatic amines is 2. The molecule has 734 valence electrons. The highest BCUT2D eigenvalue weighted by molar-refractivity contribution is 5.98. The number of hydrogen-bond donors (Lipinski definition) is 19. The summed E-state index contributed by atoms with van der Waals surface area (Å²) in [7, 11) is 0. The molecule has 19 N–H and O–H groups in total. The molecule has 0 amide bonds. The van der Waals surface area contributed by atoms with Gasteiger partial charge in [0.15, 0.2) is 80.1 Å². The predicted molar refractivity (Wildman–Crippen MR) is 544 cm³/mol. The Bertz CT molecular complexity index is 7930. The zero-order chi connectivity index (χ0) is 97.7. The van der Waals surface area contributed by atoms with Crippen LogP contribution in [-0.4, -0.2) is 252 Å². The molecule has 8 aliphatic rings. The van der Waals surface area contributed by atoms with Crippen LogP contribution in [0.5, 0.6) is 0 Å². The van der Waals surface area contributed by atoms with Crippen molar-refractivity contribution in [3.8, 4) is 0 Å². The molecule has 3 saturated heterocycles. The van der Waals surface area contributed by atoms with E-state index >= 15 is 0 Å². The number of hydrogen-bond acceptors (Lipinski definition) is 40. The van der Waals surface area contributed by atoms with Gasteiger partial charge < -0.3 is 113 Å². The number of aromatic nitrogens is 25. The van der Waals surface area contributed by atoms with Crippen molar-refractivity contribution in [1.82, 2.24) is 123 Å². The van der Waals surface area contributed by atoms with Crippen LogP contribution in [0.3, 0.4) is 0 Å². The van der Waals surface area contributed by atoms with E-state index in [1.54, 1.807) is 70.0 Å². The highest BCUT2D eigenvalue weighted by Crippen LogP contribution is 2.42. The van der Waals surface area contributed by atoms with Crippen LogP contribution in [0.4, 0.5) is 87.3 Å². The molecule has 0 bridgehead atoms. The summed E-state index contributed by atoms with van der Waals surface area (Å²) in [5.74, 6) is 5.66. The van der Waals surface area contributed by atoms with Gasteiger partial charge in [0.05, 0.1) is 126 Å². The maximum absolute atomic E-state index is 10.5. The van der Waals surface area contributed by atoms with Crippen LogP contribution in [0.2, 0.25) is 0 Å². The Morgan fingerprint density at radius 2 is 0.703 bits per heavy atom. The fraction of sp³-hybridized carbons (Fsp3) is 0.300. The van der Waals surface area contributed by atoms with E-state index in [0.29, 0.717) is 135 Å². The molecule has 45 heteroatoms. The van der Waals surface area contributed by atoms with Crippen molar-refractivity contribution >= 4 is 198 Å². The number of aliphatic hydroxyl groups is 7. The number of aliphatic hydroxyl groups excluding tert-OH is 7. The molecule has 145 heavy (non-hydrogen) atoms. The zero-order valence-electron chi connectivity index (χ0n) is 77.6. The Labute approximate surface area is 822 Å². The molecular formula is C100H99N35O10. The standard InChI is InChI=1S/C22H23N7O4.2C22H23N7O3.2C17H15N7/c30-9-14-17(31)18(32)21(33-14)29-10-24-16-19(25-12-6-7-12)27-22(28-20(16)29)26-13-5-1-3-11-4-2-8-23-15(11)13;30-10-17-16(31)9-18(32-17)29-11-24-19-20(25-12-6-7-12)27-22(28-21(19)29)26-15-5-1-4-14-13(15)3-2-8-23-14;30-10-16-15(31)9-17(32-16)29-11-24-19-20(25-13-6-7-13)27-22(28-21(19)29)26-14-5-1-3-12-4-2-8-23-18(12)14;1-3-10-4-2-8-18-13(10)12(5-1)22-17-23-15-14(19-9-20-15)16(24-17)21-11-6-7-11;1-2-4-13-10(3-1)7-12(8-18-13)22-17-23-15-14(19-9-20-15)16(24-17)21-11-5-6-11/h1-5,8,10,12,14,17-18,21,30-32H,6-7,9H2,(H2,25,26,27,28);1-5,8,11-12,16-18,30-31H,6-7,9-10H2,(H2,25,26,27,28);1-5,8,11,13,15-17,30-31H,6-7,9-10H2,(H2,25,26,27,28);1-5,8-9,11H,6-7H2,(H3,19,20,21,22,23,24);1-4,7-9,11H,5-6H2,(H3,19,20,21,22,23,24). The second-order valence-corrected chi connectivity index (χ2v) is 36.8. The van der Waals surface area contributed by atoms with E-state index in [2.05, 4.69) is 143 Å². The van der Waals surface area contributed by atoms with Crippen molar-refractivity contribution < 1.29 is 50.0 Å². The van der Waals surface area contributed by atoms with Gasteiger partial charge >= 0.3 is 0 Å². The number of H-pyrrole nitrogens is 2. The second-order valence-electron chi connectivity index (χ2n) is 36.8. The Morgan fingerprint density at radius 1 is 0.324 bits per heavy atom. The largest absolute Gasteiger partial charge is 0.394 e. The van der Waals surface area contributed by atoms with Crippen LogP contribution in [0.1, 0.15) is 95.7 Å². The lowest BCUT2D eigenvalue weighted by molar-refractivity contribution is -0.0511. The lowest BCUT2D eigenvalue weighted by Crippen LogP contribution is -2.33. The lowest BCUT2D eigenvalue weighted by atomic mass is 10.1. The highest BCUT2D eigenvalue weighted by atomic mass is 16.6. The molecule has 15 aromatic heterocycles. The summed E-state index contributed by atoms with van der Waals surface area (Å²) in [6.45, 7) is -0.893. The first kappa shape index (κ1) is 91.0. The van der Waals surface area contributed by atoms with Gasteiger partial charge in [-0.1, -0.05) is 78.9 Å². The topological polar surface area (TPSA) is 594 Å². The number of benzene rings is 5. The molecule has 5 aliphatic carbocycles. The summed E-state index contributed by atoms with van der Waals surface area (Å²) in [6, 6.07) is 51.3. The predicted octanol–water partition coefficient (Wildman–Crippen LogP) is 12.4. The van der Waals surface area contributed by atoms with Crippen LogP contribution in [-0.2, 0) is 14.2 Å². The number of nitrogens with one attached hydrogen (secondary N) is 12. The molecule has 8 fully saturated rings. The molecule has 0 radical (unpaired) electrons. The Kier molecular flexibility index (Phi) is 24.7. The van der Waals surface area contributed by atoms with E-state index in [-0.39, 0.29) is 13.2 Å². The van der Waals surface area contributed by atoms with Crippen molar-refractivity contribution in [1.29, 1.82) is 0 Å². The molecule has 28 rings (SSSR count). The quantitative estimate of drug-likeness (QED) is 0.0239. The van der Waals surface area contributed by atoms with Gasteiger partial charge in [-0.05, 0) is 137 Å². The smallest absolute Gasteiger partial charge is 0.231 e. The van der Waals surface area contributed by atoms with Gasteiger partial charge in [0, 0.05) is 94.8 Å². The minimum atomic E-state index is -1.24. The van der Waals surface area contributed by atoms with Crippen molar-refractivity contribution in [3.05, 3.63) is 214 Å². The number of anilines is 15. The maximum Gasteiger partial charge on any atom is 0.231 e. The third-order valence-corrected chi connectivity index (χ3v) is 26.0. The van der Waals surface area contributed by atoms with Crippen LogP contribution in [0.15, 0.2) is 214 Å². The minimum absolute atomic E-state index is 0.240. The number of nitrogens with zero attached hydrogens (tertiary/aromatic N) is 23. The van der Waals surface area contributed by atoms with Gasteiger partial charge in [0.25, 0.3) is 0 Å². The van der Waals surface area contributed by atoms with E-state index < -0.39 is 68.0 Å². The third-order valence-electron chi connectivity index (χ3n) is 26.0. The summed E-state index contributed by atoms with van der Waals surface area (Å²) in [6.07, 6.45) is 20.8. The number of rotatable bonds is 26. The summed E-state index contributed by atoms with van der Waals surface area (Å²) in [5, 5.41) is 108. The number of imidazole rings is 5. The van der Waals surface area contributed by atoms with E-state index in [1.165, 1.54) is 32.0 Å². The normalized spacial score (nSPS) is 20.6. The molecule has 0 spiro atoms. The van der Waals surface area contributed by atoms with Gasteiger partial charge in [0.1, 0.15) is 54.0 Å². The number of pyridine rings is 5. The Morgan fingerprint density at radius 3 is 1.16 bits per heavy atom. The average Bonchev–Trinajstić information content (AvgIpc) is 1.59. The molecule has 10 atom stereocenters. The zero-order valence-corrected chi connectivity index (χ0v) is 77.6. The number of fused-ring (bicyclic) bond motifs is 10. The second kappa shape index (κ2) is 39.4.